The fourth-order valence-electron chi connectivity index (χ4n) is 0.995. The number of aliphatic imine (C=N–C) groups is 1. The fourth-order valence-corrected chi connectivity index (χ4v) is 1.36. The van der Waals surface area contributed by atoms with Crippen molar-refractivity contribution in [1.29, 1.82) is 0 Å². The van der Waals surface area contributed by atoms with E-state index in [2.05, 4.69) is 20.9 Å². The van der Waals surface area contributed by atoms with Gasteiger partial charge in [-0.2, -0.15) is 4.99 Å². The van der Waals surface area contributed by atoms with E-state index in [-0.39, 0.29) is 11.7 Å². The van der Waals surface area contributed by atoms with E-state index >= 15 is 0 Å². The van der Waals surface area contributed by atoms with Gasteiger partial charge in [0.15, 0.2) is 5.17 Å². The maximum absolute atomic E-state index is 11.5. The van der Waals surface area contributed by atoms with Crippen molar-refractivity contribution in [2.75, 3.05) is 13.3 Å². The van der Waals surface area contributed by atoms with Crippen molar-refractivity contribution in [1.82, 2.24) is 16.0 Å². The van der Waals surface area contributed by atoms with Gasteiger partial charge in [0.1, 0.15) is 5.76 Å². The summed E-state index contributed by atoms with van der Waals surface area (Å²) in [5.41, 5.74) is 0. The van der Waals surface area contributed by atoms with Gasteiger partial charge in [-0.05, 0) is 18.4 Å². The summed E-state index contributed by atoms with van der Waals surface area (Å²) >= 11 is 1.16. The van der Waals surface area contributed by atoms with Crippen LogP contribution in [0.3, 0.4) is 0 Å². The van der Waals surface area contributed by atoms with Gasteiger partial charge >= 0.3 is 12.1 Å². The van der Waals surface area contributed by atoms with Crippen molar-refractivity contribution in [3.8, 4) is 0 Å². The highest BCUT2D eigenvalue weighted by molar-refractivity contribution is 8.13. The molecule has 0 aliphatic heterocycles. The zero-order valence-electron chi connectivity index (χ0n) is 10.0. The molecule has 4 amide bonds. The molecule has 1 aromatic heterocycles. The molecule has 1 rings (SSSR count). The molecule has 1 aromatic rings. The van der Waals surface area contributed by atoms with Crippen LogP contribution in [0.5, 0.6) is 0 Å². The Balaban J connectivity index is 2.42. The van der Waals surface area contributed by atoms with Crippen LogP contribution in [0, 0.1) is 0 Å². The van der Waals surface area contributed by atoms with Crippen molar-refractivity contribution in [2.45, 2.75) is 6.54 Å². The van der Waals surface area contributed by atoms with Gasteiger partial charge in [0.05, 0.1) is 12.8 Å². The highest BCUT2D eigenvalue weighted by atomic mass is 32.2. The number of amidine groups is 1. The molecule has 0 atom stereocenters. The number of thioether (sulfide) groups is 1. The molecule has 0 fully saturated rings. The minimum Gasteiger partial charge on any atom is -0.467 e. The molecule has 0 spiro atoms. The standard InChI is InChI=1S/C10H14N4O3S/c1-11-8(15)13-10(18-2)14-9(16)12-6-7-4-3-5-17-7/h3-5H,6H2,1-2H3,(H3,11,12,13,14,15,16). The van der Waals surface area contributed by atoms with E-state index < -0.39 is 12.1 Å². The Morgan fingerprint density at radius 3 is 2.83 bits per heavy atom. The number of furan rings is 1. The SMILES string of the molecule is CNC(=O)N=C(NC(=O)NCc1ccco1)SC. The quantitative estimate of drug-likeness (QED) is 0.554. The van der Waals surface area contributed by atoms with Gasteiger partial charge in [0, 0.05) is 7.05 Å². The van der Waals surface area contributed by atoms with Crippen LogP contribution in [0.15, 0.2) is 27.8 Å². The topological polar surface area (TPSA) is 95.7 Å². The number of nitrogens with one attached hydrogen (secondary N) is 3. The summed E-state index contributed by atoms with van der Waals surface area (Å²) in [4.78, 5) is 26.1. The first-order chi connectivity index (χ1) is 8.65. The number of rotatable bonds is 2. The second-order valence-corrected chi connectivity index (χ2v) is 3.86. The van der Waals surface area contributed by atoms with Gasteiger partial charge in [-0.25, -0.2) is 9.59 Å². The molecule has 0 aliphatic carbocycles. The van der Waals surface area contributed by atoms with Crippen LogP contribution in [0.2, 0.25) is 0 Å². The van der Waals surface area contributed by atoms with Crippen molar-refractivity contribution in [3.05, 3.63) is 24.2 Å². The van der Waals surface area contributed by atoms with Gasteiger partial charge in [0.25, 0.3) is 0 Å². The Bertz CT molecular complexity index is 430. The second-order valence-electron chi connectivity index (χ2n) is 3.06. The third kappa shape index (κ3) is 4.91. The summed E-state index contributed by atoms with van der Waals surface area (Å²) in [5, 5.41) is 7.57. The lowest BCUT2D eigenvalue weighted by Crippen LogP contribution is -2.38. The Morgan fingerprint density at radius 2 is 2.28 bits per heavy atom. The van der Waals surface area contributed by atoms with Crippen LogP contribution in [-0.2, 0) is 6.54 Å². The predicted molar refractivity (Wildman–Crippen MR) is 69.5 cm³/mol. The summed E-state index contributed by atoms with van der Waals surface area (Å²) in [6.45, 7) is 0.264. The lowest BCUT2D eigenvalue weighted by atomic mass is 10.4. The molecule has 0 aliphatic rings. The molecule has 0 bridgehead atoms. The van der Waals surface area contributed by atoms with Crippen molar-refractivity contribution < 1.29 is 14.0 Å². The lowest BCUT2D eigenvalue weighted by Gasteiger charge is -2.06. The third-order valence-electron chi connectivity index (χ3n) is 1.83. The van der Waals surface area contributed by atoms with Gasteiger partial charge in [-0.15, -0.1) is 0 Å². The monoisotopic (exact) mass is 270 g/mol. The number of nitrogens with zero attached hydrogens (tertiary/aromatic N) is 1. The summed E-state index contributed by atoms with van der Waals surface area (Å²) in [6, 6.07) is 2.50. The van der Waals surface area contributed by atoms with Crippen LogP contribution in [0.4, 0.5) is 9.59 Å². The fraction of sp³-hybridized carbons (Fsp3) is 0.300. The first kappa shape index (κ1) is 14.1. The molecule has 18 heavy (non-hydrogen) atoms. The van der Waals surface area contributed by atoms with Crippen LogP contribution in [0.25, 0.3) is 0 Å². The van der Waals surface area contributed by atoms with Crippen LogP contribution in [-0.4, -0.2) is 30.5 Å². The molecule has 7 nitrogen and oxygen atoms in total. The highest BCUT2D eigenvalue weighted by Crippen LogP contribution is 1.99. The predicted octanol–water partition coefficient (Wildman–Crippen LogP) is 1.14. The molecule has 98 valence electrons. The number of hydrogen-bond acceptors (Lipinski definition) is 4. The molecule has 8 heteroatoms. The number of carbonyl (C=O) groups excluding carboxylic acids is 2. The average molecular weight is 270 g/mol. The first-order valence-electron chi connectivity index (χ1n) is 5.07. The zero-order valence-corrected chi connectivity index (χ0v) is 10.8. The van der Waals surface area contributed by atoms with Gasteiger partial charge in [-0.3, -0.25) is 5.32 Å². The summed E-state index contributed by atoms with van der Waals surface area (Å²) < 4.78 is 5.06. The molecule has 0 aromatic carbocycles. The minimum atomic E-state index is -0.523. The smallest absolute Gasteiger partial charge is 0.343 e. The number of carbonyl (C=O) groups is 2. The third-order valence-corrected chi connectivity index (χ3v) is 2.41. The van der Waals surface area contributed by atoms with Crippen LogP contribution < -0.4 is 16.0 Å². The van der Waals surface area contributed by atoms with E-state index in [1.54, 1.807) is 18.4 Å². The van der Waals surface area contributed by atoms with E-state index in [0.29, 0.717) is 5.76 Å². The average Bonchev–Trinajstić information content (AvgIpc) is 2.88. The zero-order chi connectivity index (χ0) is 13.4. The lowest BCUT2D eigenvalue weighted by molar-refractivity contribution is 0.244. The largest absolute Gasteiger partial charge is 0.467 e. The summed E-state index contributed by atoms with van der Waals surface area (Å²) in [6.07, 6.45) is 3.23. The Hall–Kier alpha value is -1.96. The van der Waals surface area contributed by atoms with Crippen molar-refractivity contribution in [2.24, 2.45) is 4.99 Å². The van der Waals surface area contributed by atoms with Crippen molar-refractivity contribution >= 4 is 29.0 Å². The number of hydrogen-bond donors (Lipinski definition) is 3. The van der Waals surface area contributed by atoms with Gasteiger partial charge in [0.2, 0.25) is 0 Å². The van der Waals surface area contributed by atoms with Crippen LogP contribution >= 0.6 is 11.8 Å². The van der Waals surface area contributed by atoms with E-state index in [1.807, 2.05) is 0 Å². The van der Waals surface area contributed by atoms with Gasteiger partial charge < -0.3 is 15.1 Å². The Kier molecular flexibility index (Phi) is 5.78. The van der Waals surface area contributed by atoms with E-state index in [4.69, 9.17) is 4.42 Å². The second kappa shape index (κ2) is 7.38. The maximum atomic E-state index is 11.5. The number of urea groups is 2. The normalized spacial score (nSPS) is 10.9. The van der Waals surface area contributed by atoms with Gasteiger partial charge in [-0.1, -0.05) is 11.8 Å². The number of amides is 4. The van der Waals surface area contributed by atoms with Crippen molar-refractivity contribution in [3.63, 3.8) is 0 Å². The summed E-state index contributed by atoms with van der Waals surface area (Å²) in [5.74, 6) is 0.638. The molecule has 3 N–H and O–H groups in total. The molecule has 0 saturated heterocycles. The first-order valence-corrected chi connectivity index (χ1v) is 6.29. The maximum Gasteiger partial charge on any atom is 0.343 e. The molecule has 1 heterocycles. The molecular formula is C10H14N4O3S. The Labute approximate surface area is 108 Å². The molecular weight excluding hydrogens is 256 g/mol. The van der Waals surface area contributed by atoms with E-state index in [0.717, 1.165) is 11.8 Å². The van der Waals surface area contributed by atoms with Crippen LogP contribution in [0.1, 0.15) is 5.76 Å². The highest BCUT2D eigenvalue weighted by Gasteiger charge is 2.07. The molecule has 0 unspecified atom stereocenters. The molecule has 0 radical (unpaired) electrons. The Morgan fingerprint density at radius 1 is 1.50 bits per heavy atom. The van der Waals surface area contributed by atoms with E-state index in [1.165, 1.54) is 13.3 Å². The minimum absolute atomic E-state index is 0.214. The van der Waals surface area contributed by atoms with E-state index in [9.17, 15) is 9.59 Å². The molecule has 0 saturated carbocycles. The summed E-state index contributed by atoms with van der Waals surface area (Å²) in [7, 11) is 1.46.